The number of nitrogens with one attached hydrogen (secondary N) is 3. The summed E-state index contributed by atoms with van der Waals surface area (Å²) in [4.78, 5) is 33.6. The van der Waals surface area contributed by atoms with E-state index in [1.807, 2.05) is 42.9 Å². The number of fused-ring (bicyclic) bond motifs is 11. The summed E-state index contributed by atoms with van der Waals surface area (Å²) < 4.78 is 0. The molecule has 11 aromatic rings. The van der Waals surface area contributed by atoms with Crippen LogP contribution < -0.4 is 16.0 Å². The fourth-order valence-electron chi connectivity index (χ4n) is 14.2. The Morgan fingerprint density at radius 3 is 1.34 bits per heavy atom. The summed E-state index contributed by atoms with van der Waals surface area (Å²) >= 11 is 13.1. The van der Waals surface area contributed by atoms with Gasteiger partial charge in [-0.1, -0.05) is 199 Å². The number of likely N-dealkylation sites (N-methyl/N-ethyl adjacent to an activating group) is 1. The first-order valence-electron chi connectivity index (χ1n) is 32.5. The molecule has 1 fully saturated rings. The largest absolute Gasteiger partial charge is 0.354 e. The number of allylic oxidation sites excluding steroid dienone is 2. The standard InChI is InChI=1S/C27H20ClN3.C27H21N3.C26H30ClN5/c28-25-11-4-3-9-22(25)24-15-19-16-29-27(31-26(19)23-10-2-1-8-21(23)24)30-20-13-12-17-6-5-7-18(17)14-20;1-2-7-19(8-3-1)25-16-21-17-28-27(30-26(21)24-12-5-4-11-23(24)25)29-22-14-13-18-9-6-10-20(18)15-22;1-31-13-15-32(16-14-31)12-6-11-28-26-29-18-19-17-23(21-8-4-5-10-24(21)27)20-7-2-3-9-22(20)25(19)30-26/h1-5,7-14,16,24H,6,15H2,(H,29,30,31);1-8,10-15,17,25H,9,16H2,(H,28,29,30);2-5,7-10,18,23H,6,11-17H2,1H3,(H,28,29,30). The van der Waals surface area contributed by atoms with Crippen LogP contribution in [-0.2, 0) is 32.1 Å². The molecule has 0 saturated carbocycles. The maximum atomic E-state index is 6.56. The number of anilines is 5. The van der Waals surface area contributed by atoms with Gasteiger partial charge in [-0.25, -0.2) is 29.9 Å². The number of hydrogen-bond acceptors (Lipinski definition) is 11. The zero-order valence-electron chi connectivity index (χ0n) is 52.0. The van der Waals surface area contributed by atoms with Crippen molar-refractivity contribution in [3.8, 4) is 33.8 Å². The monoisotopic (exact) mass is 1260 g/mol. The first-order chi connectivity index (χ1) is 45.8. The van der Waals surface area contributed by atoms with Crippen LogP contribution in [0.5, 0.6) is 0 Å². The Balaban J connectivity index is 0.000000115. The molecule has 93 heavy (non-hydrogen) atoms. The molecule has 8 aromatic carbocycles. The van der Waals surface area contributed by atoms with Gasteiger partial charge in [-0.3, -0.25) is 0 Å². The molecule has 4 heterocycles. The van der Waals surface area contributed by atoms with Gasteiger partial charge in [-0.2, -0.15) is 0 Å². The minimum absolute atomic E-state index is 0.198. The predicted octanol–water partition coefficient (Wildman–Crippen LogP) is 17.5. The minimum Gasteiger partial charge on any atom is -0.354 e. The van der Waals surface area contributed by atoms with Crippen LogP contribution >= 0.6 is 23.2 Å². The van der Waals surface area contributed by atoms with Crippen LogP contribution in [0.15, 0.2) is 219 Å². The zero-order chi connectivity index (χ0) is 62.6. The molecule has 3 atom stereocenters. The molecule has 0 radical (unpaired) electrons. The van der Waals surface area contributed by atoms with Gasteiger partial charge in [0.2, 0.25) is 17.8 Å². The topological polar surface area (TPSA) is 120 Å². The summed E-state index contributed by atoms with van der Waals surface area (Å²) in [6.07, 6.45) is 20.4. The smallest absolute Gasteiger partial charge is 0.227 e. The van der Waals surface area contributed by atoms with E-state index in [4.69, 9.17) is 38.2 Å². The zero-order valence-corrected chi connectivity index (χ0v) is 53.5. The van der Waals surface area contributed by atoms with Crippen molar-refractivity contribution in [2.24, 2.45) is 0 Å². The third-order valence-corrected chi connectivity index (χ3v) is 19.7. The molecule has 460 valence electrons. The van der Waals surface area contributed by atoms with E-state index in [2.05, 4.69) is 236 Å². The molecule has 0 amide bonds. The molecule has 1 saturated heterocycles. The number of nitrogens with zero attached hydrogens (tertiary/aromatic N) is 8. The summed E-state index contributed by atoms with van der Waals surface area (Å²) in [6.45, 7) is 6.65. The van der Waals surface area contributed by atoms with Gasteiger partial charge in [-0.05, 0) is 161 Å². The average Bonchev–Trinajstić information content (AvgIpc) is 1.24. The minimum atomic E-state index is 0.198. The Kier molecular flexibility index (Phi) is 17.3. The highest BCUT2D eigenvalue weighted by Crippen LogP contribution is 2.46. The summed E-state index contributed by atoms with van der Waals surface area (Å²) in [5.74, 6) is 2.73. The number of rotatable bonds is 12. The van der Waals surface area contributed by atoms with E-state index in [9.17, 15) is 0 Å². The third kappa shape index (κ3) is 12.9. The summed E-state index contributed by atoms with van der Waals surface area (Å²) in [5, 5.41) is 11.9. The highest BCUT2D eigenvalue weighted by atomic mass is 35.5. The van der Waals surface area contributed by atoms with Crippen molar-refractivity contribution in [3.05, 3.63) is 301 Å². The van der Waals surface area contributed by atoms with E-state index in [1.54, 1.807) is 0 Å². The second-order valence-electron chi connectivity index (χ2n) is 24.9. The summed E-state index contributed by atoms with van der Waals surface area (Å²) in [7, 11) is 2.20. The van der Waals surface area contributed by atoms with Gasteiger partial charge in [0.1, 0.15) is 0 Å². The van der Waals surface area contributed by atoms with Gasteiger partial charge in [0, 0.05) is 107 Å². The lowest BCUT2D eigenvalue weighted by molar-refractivity contribution is 0.154. The SMILES string of the molecule is C1=Cc2cc(Nc3ncc4c(n3)-c3ccccc3C(c3ccccc3)C4)ccc2C1.CN1CCN(CCCNc2ncc3c(n2)-c2ccccc2C(c2ccccc2Cl)C3)CC1.Clc1ccccc1C1Cc2cnc(Nc3ccc4c(c3)C=CC4)nc2-c2ccccc21. The van der Waals surface area contributed by atoms with Crippen LogP contribution in [0.25, 0.3) is 45.9 Å². The van der Waals surface area contributed by atoms with Gasteiger partial charge in [0.25, 0.3) is 0 Å². The molecule has 6 aliphatic rings. The Bertz CT molecular complexity index is 4620. The van der Waals surface area contributed by atoms with E-state index in [1.165, 1.54) is 72.3 Å². The van der Waals surface area contributed by atoms with Gasteiger partial charge in [-0.15, -0.1) is 0 Å². The molecule has 5 aliphatic carbocycles. The van der Waals surface area contributed by atoms with Gasteiger partial charge in [0.05, 0.1) is 17.1 Å². The summed E-state index contributed by atoms with van der Waals surface area (Å²) in [5.41, 5.74) is 24.9. The van der Waals surface area contributed by atoms with E-state index in [0.29, 0.717) is 23.8 Å². The lowest BCUT2D eigenvalue weighted by Gasteiger charge is -2.32. The van der Waals surface area contributed by atoms with E-state index >= 15 is 0 Å². The molecule has 0 spiro atoms. The van der Waals surface area contributed by atoms with Crippen LogP contribution in [0.3, 0.4) is 0 Å². The van der Waals surface area contributed by atoms with Gasteiger partial charge >= 0.3 is 0 Å². The number of piperazine rings is 1. The molecule has 3 unspecified atom stereocenters. The van der Waals surface area contributed by atoms with Crippen LogP contribution in [0.2, 0.25) is 10.0 Å². The van der Waals surface area contributed by atoms with Crippen LogP contribution in [0.1, 0.15) is 96.5 Å². The second kappa shape index (κ2) is 26.9. The maximum Gasteiger partial charge on any atom is 0.227 e. The van der Waals surface area contributed by atoms with E-state index in [0.717, 1.165) is 133 Å². The first kappa shape index (κ1) is 59.7. The second-order valence-corrected chi connectivity index (χ2v) is 25.7. The number of hydrogen-bond donors (Lipinski definition) is 3. The molecule has 3 N–H and O–H groups in total. The highest BCUT2D eigenvalue weighted by molar-refractivity contribution is 6.31. The van der Waals surface area contributed by atoms with E-state index < -0.39 is 0 Å². The number of aromatic nitrogens is 6. The lowest BCUT2D eigenvalue weighted by Crippen LogP contribution is -2.44. The molecule has 11 nitrogen and oxygen atoms in total. The molecule has 17 rings (SSSR count). The fraction of sp³-hybridized carbons (Fsp3) is 0.200. The quantitative estimate of drug-likeness (QED) is 0.101. The molecule has 1 aliphatic heterocycles. The Morgan fingerprint density at radius 1 is 0.430 bits per heavy atom. The van der Waals surface area contributed by atoms with Crippen LogP contribution in [0.4, 0.5) is 29.2 Å². The normalized spacial score (nSPS) is 16.9. The highest BCUT2D eigenvalue weighted by Gasteiger charge is 2.32. The van der Waals surface area contributed by atoms with Crippen molar-refractivity contribution in [3.63, 3.8) is 0 Å². The Labute approximate surface area is 554 Å². The van der Waals surface area contributed by atoms with Crippen molar-refractivity contribution in [2.45, 2.75) is 56.3 Å². The van der Waals surface area contributed by atoms with Gasteiger partial charge < -0.3 is 25.8 Å². The first-order valence-corrected chi connectivity index (χ1v) is 33.2. The predicted molar refractivity (Wildman–Crippen MR) is 380 cm³/mol. The van der Waals surface area contributed by atoms with Crippen molar-refractivity contribution < 1.29 is 0 Å². The third-order valence-electron chi connectivity index (χ3n) is 19.0. The van der Waals surface area contributed by atoms with Crippen molar-refractivity contribution in [2.75, 3.05) is 62.3 Å². The van der Waals surface area contributed by atoms with Crippen molar-refractivity contribution in [1.29, 1.82) is 0 Å². The van der Waals surface area contributed by atoms with Crippen LogP contribution in [-0.4, -0.2) is 86.0 Å². The lowest BCUT2D eigenvalue weighted by atomic mass is 9.78. The Hall–Kier alpha value is -9.62. The number of halogens is 2. The maximum absolute atomic E-state index is 6.56. The number of benzene rings is 8. The Morgan fingerprint density at radius 2 is 0.849 bits per heavy atom. The molecular formula is C80H71Cl2N11. The molecular weight excluding hydrogens is 1190 g/mol. The van der Waals surface area contributed by atoms with Crippen LogP contribution in [0, 0.1) is 0 Å². The molecule has 0 bridgehead atoms. The van der Waals surface area contributed by atoms with E-state index in [-0.39, 0.29) is 11.8 Å². The molecule has 3 aromatic heterocycles. The average molecular weight is 1260 g/mol. The van der Waals surface area contributed by atoms with Crippen molar-refractivity contribution >= 4 is 64.6 Å². The fourth-order valence-corrected chi connectivity index (χ4v) is 14.7. The molecule has 13 heteroatoms. The summed E-state index contributed by atoms with van der Waals surface area (Å²) in [6, 6.07) is 65.5. The van der Waals surface area contributed by atoms with Crippen molar-refractivity contribution in [1.82, 2.24) is 39.7 Å². The van der Waals surface area contributed by atoms with Gasteiger partial charge in [0.15, 0.2) is 0 Å².